The van der Waals surface area contributed by atoms with Crippen LogP contribution in [0, 0.1) is 10.5 Å². The molecule has 0 amide bonds. The molecule has 0 aliphatic heterocycles. The average molecular weight is 408 g/mol. The zero-order chi connectivity index (χ0) is 14.0. The van der Waals surface area contributed by atoms with E-state index >= 15 is 0 Å². The van der Waals surface area contributed by atoms with Gasteiger partial charge in [-0.15, -0.1) is 0 Å². The fourth-order valence-electron chi connectivity index (χ4n) is 1.50. The van der Waals surface area contributed by atoms with Crippen molar-refractivity contribution >= 4 is 49.9 Å². The first kappa shape index (κ1) is 14.6. The van der Waals surface area contributed by atoms with Crippen LogP contribution in [0.2, 0.25) is 5.02 Å². The zero-order valence-corrected chi connectivity index (χ0v) is 13.8. The second-order valence-corrected chi connectivity index (χ2v) is 7.32. The molecule has 0 aromatic heterocycles. The molecule has 1 N–H and O–H groups in total. The van der Waals surface area contributed by atoms with E-state index < -0.39 is 10.0 Å². The number of benzene rings is 2. The SMILES string of the molecule is Cc1ccc(S(=O)(=O)Nc2cc(Cl)ccc2I)cc1. The van der Waals surface area contributed by atoms with E-state index in [0.717, 1.165) is 9.13 Å². The maximum atomic E-state index is 12.2. The van der Waals surface area contributed by atoms with E-state index in [4.69, 9.17) is 11.6 Å². The van der Waals surface area contributed by atoms with Crippen molar-refractivity contribution in [2.45, 2.75) is 11.8 Å². The van der Waals surface area contributed by atoms with Crippen LogP contribution in [0.4, 0.5) is 5.69 Å². The summed E-state index contributed by atoms with van der Waals surface area (Å²) in [5, 5.41) is 0.488. The highest BCUT2D eigenvalue weighted by Gasteiger charge is 2.15. The molecule has 100 valence electrons. The van der Waals surface area contributed by atoms with Crippen LogP contribution in [0.15, 0.2) is 47.4 Å². The van der Waals surface area contributed by atoms with Gasteiger partial charge in [0, 0.05) is 8.59 Å². The Hall–Kier alpha value is -0.790. The van der Waals surface area contributed by atoms with E-state index in [0.29, 0.717) is 10.7 Å². The van der Waals surface area contributed by atoms with Gasteiger partial charge in [0.15, 0.2) is 0 Å². The van der Waals surface area contributed by atoms with E-state index in [1.807, 2.05) is 6.92 Å². The molecule has 0 fully saturated rings. The van der Waals surface area contributed by atoms with Crippen molar-refractivity contribution in [2.24, 2.45) is 0 Å². The molecule has 0 aliphatic carbocycles. The largest absolute Gasteiger partial charge is 0.279 e. The zero-order valence-electron chi connectivity index (χ0n) is 10.0. The normalized spacial score (nSPS) is 11.3. The molecular formula is C13H11ClINO2S. The van der Waals surface area contributed by atoms with Gasteiger partial charge in [-0.05, 0) is 59.8 Å². The van der Waals surface area contributed by atoms with Crippen LogP contribution in [0.3, 0.4) is 0 Å². The van der Waals surface area contributed by atoms with Gasteiger partial charge in [-0.25, -0.2) is 8.42 Å². The van der Waals surface area contributed by atoms with Gasteiger partial charge in [0.1, 0.15) is 0 Å². The standard InChI is InChI=1S/C13H11ClINO2S/c1-9-2-5-11(6-3-9)19(17,18)16-13-8-10(14)4-7-12(13)15/h2-8,16H,1H3. The van der Waals surface area contributed by atoms with Crippen molar-refractivity contribution < 1.29 is 8.42 Å². The number of halogens is 2. The third-order valence-corrected chi connectivity index (χ3v) is 5.06. The molecule has 19 heavy (non-hydrogen) atoms. The van der Waals surface area contributed by atoms with E-state index in [1.54, 1.807) is 42.5 Å². The summed E-state index contributed by atoms with van der Waals surface area (Å²) in [4.78, 5) is 0.230. The Kier molecular flexibility index (Phi) is 4.37. The summed E-state index contributed by atoms with van der Waals surface area (Å²) in [6, 6.07) is 11.7. The van der Waals surface area contributed by atoms with Crippen molar-refractivity contribution in [1.82, 2.24) is 0 Å². The highest BCUT2D eigenvalue weighted by Crippen LogP contribution is 2.25. The van der Waals surface area contributed by atoms with Crippen molar-refractivity contribution in [3.63, 3.8) is 0 Å². The van der Waals surface area contributed by atoms with Crippen LogP contribution < -0.4 is 4.72 Å². The molecule has 0 aliphatic rings. The minimum absolute atomic E-state index is 0.230. The number of sulfonamides is 1. The summed E-state index contributed by atoms with van der Waals surface area (Å²) in [7, 11) is -3.58. The Balaban J connectivity index is 2.36. The molecule has 0 radical (unpaired) electrons. The summed E-state index contributed by atoms with van der Waals surface area (Å²) in [5.41, 5.74) is 1.49. The van der Waals surface area contributed by atoms with E-state index in [1.165, 1.54) is 0 Å². The minimum Gasteiger partial charge on any atom is -0.279 e. The molecule has 0 saturated heterocycles. The van der Waals surface area contributed by atoms with Crippen LogP contribution in [0.25, 0.3) is 0 Å². The average Bonchev–Trinajstić information content (AvgIpc) is 2.34. The maximum Gasteiger partial charge on any atom is 0.261 e. The van der Waals surface area contributed by atoms with E-state index in [9.17, 15) is 8.42 Å². The molecule has 2 rings (SSSR count). The third-order valence-electron chi connectivity index (χ3n) is 2.50. The maximum absolute atomic E-state index is 12.2. The number of rotatable bonds is 3. The van der Waals surface area contributed by atoms with Gasteiger partial charge in [-0.1, -0.05) is 29.3 Å². The number of hydrogen-bond acceptors (Lipinski definition) is 2. The molecule has 2 aromatic carbocycles. The highest BCUT2D eigenvalue weighted by atomic mass is 127. The third kappa shape index (κ3) is 3.61. The lowest BCUT2D eigenvalue weighted by Gasteiger charge is -2.10. The highest BCUT2D eigenvalue weighted by molar-refractivity contribution is 14.1. The summed E-state index contributed by atoms with van der Waals surface area (Å²) >= 11 is 7.93. The molecule has 2 aromatic rings. The van der Waals surface area contributed by atoms with Crippen LogP contribution in [-0.2, 0) is 10.0 Å². The molecule has 3 nitrogen and oxygen atoms in total. The Labute approximate surface area is 131 Å². The molecule has 0 atom stereocenters. The van der Waals surface area contributed by atoms with Gasteiger partial charge >= 0.3 is 0 Å². The van der Waals surface area contributed by atoms with E-state index in [-0.39, 0.29) is 4.90 Å². The summed E-state index contributed by atoms with van der Waals surface area (Å²) in [6.07, 6.45) is 0. The molecule has 0 spiro atoms. The molecule has 6 heteroatoms. The van der Waals surface area contributed by atoms with Gasteiger partial charge < -0.3 is 0 Å². The summed E-state index contributed by atoms with van der Waals surface area (Å²) in [5.74, 6) is 0. The van der Waals surface area contributed by atoms with Crippen molar-refractivity contribution in [1.29, 1.82) is 0 Å². The lowest BCUT2D eigenvalue weighted by atomic mass is 10.2. The molecular weight excluding hydrogens is 397 g/mol. The van der Waals surface area contributed by atoms with Gasteiger partial charge in [-0.2, -0.15) is 0 Å². The number of aryl methyl sites for hydroxylation is 1. The fourth-order valence-corrected chi connectivity index (χ4v) is 3.39. The summed E-state index contributed by atoms with van der Waals surface area (Å²) < 4.78 is 27.8. The first-order chi connectivity index (χ1) is 8.88. The Morgan fingerprint density at radius 3 is 2.37 bits per heavy atom. The quantitative estimate of drug-likeness (QED) is 0.780. The topological polar surface area (TPSA) is 46.2 Å². The molecule has 0 saturated carbocycles. The fraction of sp³-hybridized carbons (Fsp3) is 0.0769. The molecule has 0 heterocycles. The van der Waals surface area contributed by atoms with Gasteiger partial charge in [0.2, 0.25) is 0 Å². The lowest BCUT2D eigenvalue weighted by molar-refractivity contribution is 0.601. The van der Waals surface area contributed by atoms with E-state index in [2.05, 4.69) is 27.3 Å². The Bertz CT molecular complexity index is 699. The second-order valence-electron chi connectivity index (χ2n) is 4.04. The van der Waals surface area contributed by atoms with Gasteiger partial charge in [0.25, 0.3) is 10.0 Å². The summed E-state index contributed by atoms with van der Waals surface area (Å²) in [6.45, 7) is 1.91. The lowest BCUT2D eigenvalue weighted by Crippen LogP contribution is -2.13. The van der Waals surface area contributed by atoms with Crippen LogP contribution in [0.5, 0.6) is 0 Å². The Morgan fingerprint density at radius 1 is 1.11 bits per heavy atom. The minimum atomic E-state index is -3.58. The first-order valence-electron chi connectivity index (χ1n) is 5.43. The van der Waals surface area contributed by atoms with Crippen LogP contribution in [-0.4, -0.2) is 8.42 Å². The number of hydrogen-bond donors (Lipinski definition) is 1. The van der Waals surface area contributed by atoms with Crippen LogP contribution in [0.1, 0.15) is 5.56 Å². The van der Waals surface area contributed by atoms with Gasteiger partial charge in [-0.3, -0.25) is 4.72 Å². The second kappa shape index (κ2) is 5.68. The predicted octanol–water partition coefficient (Wildman–Crippen LogP) is 4.05. The smallest absolute Gasteiger partial charge is 0.261 e. The van der Waals surface area contributed by atoms with Crippen molar-refractivity contribution in [3.8, 4) is 0 Å². The monoisotopic (exact) mass is 407 g/mol. The van der Waals surface area contributed by atoms with Crippen molar-refractivity contribution in [2.75, 3.05) is 4.72 Å². The first-order valence-corrected chi connectivity index (χ1v) is 8.37. The number of nitrogens with one attached hydrogen (secondary N) is 1. The van der Waals surface area contributed by atoms with Crippen molar-refractivity contribution in [3.05, 3.63) is 56.6 Å². The Morgan fingerprint density at radius 2 is 1.74 bits per heavy atom. The molecule has 0 unspecified atom stereocenters. The van der Waals surface area contributed by atoms with Crippen LogP contribution >= 0.6 is 34.2 Å². The predicted molar refractivity (Wildman–Crippen MR) is 86.2 cm³/mol. The molecule has 0 bridgehead atoms. The number of anilines is 1. The van der Waals surface area contributed by atoms with Gasteiger partial charge in [0.05, 0.1) is 10.6 Å².